The number of nitrogens with one attached hydrogen (secondary N) is 1. The first-order chi connectivity index (χ1) is 18.7. The number of hydrogen-bond donors (Lipinski definition) is 2. The average Bonchev–Trinajstić information content (AvgIpc) is 3.42. The molecular weight excluding hydrogens is 512 g/mol. The molecule has 2 aliphatic heterocycles. The zero-order valence-electron chi connectivity index (χ0n) is 21.3. The Labute approximate surface area is 224 Å². The van der Waals surface area contributed by atoms with E-state index in [1.807, 2.05) is 24.3 Å². The lowest BCUT2D eigenvalue weighted by Crippen LogP contribution is -2.41. The highest BCUT2D eigenvalue weighted by Crippen LogP contribution is 2.38. The van der Waals surface area contributed by atoms with Gasteiger partial charge in [-0.2, -0.15) is 17.6 Å². The maximum absolute atomic E-state index is 15.5. The molecule has 1 amide bonds. The Kier molecular flexibility index (Phi) is 7.58. The molecule has 5 rings (SSSR count). The van der Waals surface area contributed by atoms with E-state index in [0.717, 1.165) is 49.2 Å². The van der Waals surface area contributed by atoms with Gasteiger partial charge in [-0.1, -0.05) is 24.3 Å². The van der Waals surface area contributed by atoms with Crippen LogP contribution < -0.4 is 20.9 Å². The van der Waals surface area contributed by atoms with Crippen LogP contribution in [-0.4, -0.2) is 35.5 Å². The molecule has 0 bridgehead atoms. The summed E-state index contributed by atoms with van der Waals surface area (Å²) in [6, 6.07) is 12.6. The van der Waals surface area contributed by atoms with Crippen molar-refractivity contribution in [2.24, 2.45) is 11.7 Å². The predicted molar refractivity (Wildman–Crippen MR) is 141 cm³/mol. The van der Waals surface area contributed by atoms with E-state index in [9.17, 15) is 18.0 Å². The van der Waals surface area contributed by atoms with Crippen molar-refractivity contribution >= 4 is 23.2 Å². The second-order valence-corrected chi connectivity index (χ2v) is 10.0. The molecule has 3 aromatic rings. The van der Waals surface area contributed by atoms with E-state index in [4.69, 9.17) is 5.73 Å². The first-order valence-corrected chi connectivity index (χ1v) is 13.0. The van der Waals surface area contributed by atoms with Crippen molar-refractivity contribution in [2.75, 3.05) is 34.8 Å². The number of amides is 1. The molecule has 206 valence electrons. The summed E-state index contributed by atoms with van der Waals surface area (Å²) in [5.41, 5.74) is 7.39. The highest BCUT2D eigenvalue weighted by Gasteiger charge is 2.33. The molecule has 0 saturated carbocycles. The predicted octanol–water partition coefficient (Wildman–Crippen LogP) is 5.29. The van der Waals surface area contributed by atoms with E-state index in [2.05, 4.69) is 20.2 Å². The van der Waals surface area contributed by atoms with Gasteiger partial charge in [-0.05, 0) is 61.1 Å². The number of primary amides is 1. The van der Waals surface area contributed by atoms with Crippen molar-refractivity contribution in [3.8, 4) is 0 Å². The molecule has 2 saturated heterocycles. The smallest absolute Gasteiger partial charge is 0.371 e. The zero-order valence-corrected chi connectivity index (χ0v) is 21.3. The fourth-order valence-corrected chi connectivity index (χ4v) is 5.40. The fraction of sp³-hybridized carbons (Fsp3) is 0.393. The van der Waals surface area contributed by atoms with Crippen LogP contribution in [0.4, 0.5) is 34.9 Å². The Hall–Kier alpha value is -3.89. The van der Waals surface area contributed by atoms with Crippen LogP contribution in [0, 0.1) is 11.7 Å². The van der Waals surface area contributed by atoms with Gasteiger partial charge in [-0.3, -0.25) is 4.79 Å². The Morgan fingerprint density at radius 3 is 2.41 bits per heavy atom. The Morgan fingerprint density at radius 1 is 1.00 bits per heavy atom. The van der Waals surface area contributed by atoms with Crippen LogP contribution in [-0.2, 0) is 17.5 Å². The van der Waals surface area contributed by atoms with Crippen LogP contribution in [0.3, 0.4) is 0 Å². The third-order valence-electron chi connectivity index (χ3n) is 7.50. The number of aromatic nitrogens is 2. The minimum Gasteiger partial charge on any atom is -0.371 e. The number of nitrogens with zero attached hydrogens (tertiary/aromatic N) is 4. The van der Waals surface area contributed by atoms with Crippen LogP contribution in [0.2, 0.25) is 0 Å². The number of halogens is 4. The zero-order chi connectivity index (χ0) is 27.6. The lowest BCUT2D eigenvalue weighted by Gasteiger charge is -2.33. The number of carbonyl (C=O) groups is 1. The first-order valence-electron chi connectivity index (χ1n) is 13.0. The van der Waals surface area contributed by atoms with Crippen molar-refractivity contribution in [1.29, 1.82) is 0 Å². The first kappa shape index (κ1) is 26.7. The summed E-state index contributed by atoms with van der Waals surface area (Å²) in [4.78, 5) is 23.8. The third kappa shape index (κ3) is 5.91. The van der Waals surface area contributed by atoms with Gasteiger partial charge < -0.3 is 20.9 Å². The summed E-state index contributed by atoms with van der Waals surface area (Å²) in [6.07, 6.45) is 0.0426. The van der Waals surface area contributed by atoms with Gasteiger partial charge in [-0.25, -0.2) is 9.97 Å². The second kappa shape index (κ2) is 11.1. The molecule has 0 radical (unpaired) electrons. The molecule has 0 aliphatic carbocycles. The summed E-state index contributed by atoms with van der Waals surface area (Å²) >= 11 is 0. The van der Waals surface area contributed by atoms with Gasteiger partial charge >= 0.3 is 6.18 Å². The number of hydrogen-bond acceptors (Lipinski definition) is 6. The van der Waals surface area contributed by atoms with Gasteiger partial charge in [0.1, 0.15) is 6.33 Å². The normalized spacial score (nSPS) is 19.8. The van der Waals surface area contributed by atoms with Crippen LogP contribution >= 0.6 is 0 Å². The van der Waals surface area contributed by atoms with Gasteiger partial charge in [0.25, 0.3) is 0 Å². The molecule has 2 unspecified atom stereocenters. The fourth-order valence-electron chi connectivity index (χ4n) is 5.40. The van der Waals surface area contributed by atoms with Gasteiger partial charge in [0.2, 0.25) is 11.7 Å². The summed E-state index contributed by atoms with van der Waals surface area (Å²) in [7, 11) is 0. The quantitative estimate of drug-likeness (QED) is 0.395. The highest BCUT2D eigenvalue weighted by atomic mass is 19.4. The van der Waals surface area contributed by atoms with Crippen LogP contribution in [0.15, 0.2) is 54.9 Å². The van der Waals surface area contributed by atoms with Gasteiger partial charge in [0, 0.05) is 31.9 Å². The number of carbonyl (C=O) groups excluding carboxylic acids is 1. The number of benzene rings is 2. The molecule has 2 aromatic carbocycles. The molecule has 3 heterocycles. The van der Waals surface area contributed by atoms with Crippen molar-refractivity contribution in [1.82, 2.24) is 9.97 Å². The van der Waals surface area contributed by atoms with Crippen molar-refractivity contribution in [2.45, 2.75) is 44.4 Å². The van der Waals surface area contributed by atoms with Crippen molar-refractivity contribution in [3.63, 3.8) is 0 Å². The second-order valence-electron chi connectivity index (χ2n) is 10.0. The number of piperidine rings is 1. The minimum atomic E-state index is -4.41. The molecular formula is C28H30F4N6O. The highest BCUT2D eigenvalue weighted by molar-refractivity contribution is 5.77. The summed E-state index contributed by atoms with van der Waals surface area (Å²) in [5, 5.41) is 3.04. The van der Waals surface area contributed by atoms with Crippen molar-refractivity contribution < 1.29 is 22.4 Å². The average molecular weight is 543 g/mol. The Balaban J connectivity index is 1.25. The summed E-state index contributed by atoms with van der Waals surface area (Å²) < 4.78 is 54.4. The molecule has 39 heavy (non-hydrogen) atoms. The van der Waals surface area contributed by atoms with E-state index < -0.39 is 17.6 Å². The van der Waals surface area contributed by atoms with Crippen LogP contribution in [0.5, 0.6) is 0 Å². The number of nitrogens with two attached hydrogens (primary N) is 1. The SMILES string of the molecule is NC(=O)C1CCCN(c2ccc(CNc3ncnc(N4CCCC4c4ccc(C(F)(F)F)cc4)c3F)cc2)C1. The molecule has 2 atom stereocenters. The van der Waals surface area contributed by atoms with E-state index >= 15 is 4.39 Å². The van der Waals surface area contributed by atoms with Gasteiger partial charge in [-0.15, -0.1) is 0 Å². The van der Waals surface area contributed by atoms with Gasteiger partial charge in [0.05, 0.1) is 17.5 Å². The number of rotatable bonds is 7. The monoisotopic (exact) mass is 542 g/mol. The van der Waals surface area contributed by atoms with E-state index in [1.54, 1.807) is 4.90 Å². The van der Waals surface area contributed by atoms with E-state index in [-0.39, 0.29) is 29.5 Å². The summed E-state index contributed by atoms with van der Waals surface area (Å²) in [6.45, 7) is 2.33. The van der Waals surface area contributed by atoms with E-state index in [1.165, 1.54) is 18.5 Å². The van der Waals surface area contributed by atoms with E-state index in [0.29, 0.717) is 31.6 Å². The van der Waals surface area contributed by atoms with Crippen LogP contribution in [0.25, 0.3) is 0 Å². The molecule has 2 aliphatic rings. The number of anilines is 3. The Morgan fingerprint density at radius 2 is 1.72 bits per heavy atom. The topological polar surface area (TPSA) is 87.4 Å². The third-order valence-corrected chi connectivity index (χ3v) is 7.50. The molecule has 7 nitrogen and oxygen atoms in total. The minimum absolute atomic E-state index is 0.0578. The molecule has 1 aromatic heterocycles. The standard InChI is InChI=1S/C28H30F4N6O/c29-24-26(34-15-18-5-11-22(12-6-18)37-13-1-3-20(16-37)25(33)39)35-17-36-27(24)38-14-2-4-23(38)19-7-9-21(10-8-19)28(30,31)32/h5-12,17,20,23H,1-4,13-16H2,(H2,33,39)(H,34,35,36). The lowest BCUT2D eigenvalue weighted by molar-refractivity contribution is -0.137. The molecule has 3 N–H and O–H groups in total. The Bertz CT molecular complexity index is 1300. The number of alkyl halides is 3. The van der Waals surface area contributed by atoms with Gasteiger partial charge in [0.15, 0.2) is 11.6 Å². The lowest BCUT2D eigenvalue weighted by atomic mass is 9.97. The molecule has 11 heteroatoms. The maximum Gasteiger partial charge on any atom is 0.416 e. The summed E-state index contributed by atoms with van der Waals surface area (Å²) in [5.74, 6) is -0.837. The largest absolute Gasteiger partial charge is 0.416 e. The van der Waals surface area contributed by atoms with Crippen molar-refractivity contribution in [3.05, 3.63) is 77.4 Å². The molecule has 0 spiro atoms. The maximum atomic E-state index is 15.5. The molecule has 2 fully saturated rings. The van der Waals surface area contributed by atoms with Crippen LogP contribution in [0.1, 0.15) is 48.4 Å².